The van der Waals surface area contributed by atoms with E-state index in [1.54, 1.807) is 36.4 Å². The fraction of sp³-hybridized carbons (Fsp3) is 0.350. The molecule has 0 saturated heterocycles. The first kappa shape index (κ1) is 19.2. The van der Waals surface area contributed by atoms with Gasteiger partial charge in [0.15, 0.2) is 0 Å². The van der Waals surface area contributed by atoms with Crippen LogP contribution in [0, 0.1) is 5.92 Å². The van der Waals surface area contributed by atoms with Gasteiger partial charge in [-0.3, -0.25) is 9.52 Å². The molecule has 0 heterocycles. The van der Waals surface area contributed by atoms with E-state index in [1.807, 2.05) is 0 Å². The molecule has 0 spiro atoms. The van der Waals surface area contributed by atoms with Crippen LogP contribution >= 0.6 is 0 Å². The minimum atomic E-state index is -3.81. The van der Waals surface area contributed by atoms with E-state index in [1.165, 1.54) is 32.1 Å². The summed E-state index contributed by atoms with van der Waals surface area (Å²) in [6.07, 6.45) is 5.02. The first-order chi connectivity index (χ1) is 13.0. The normalized spacial score (nSPS) is 14.7. The summed E-state index contributed by atoms with van der Waals surface area (Å²) < 4.78 is 33.1. The maximum absolute atomic E-state index is 12.7. The number of anilines is 2. The Balaban J connectivity index is 1.72. The van der Waals surface area contributed by atoms with Crippen molar-refractivity contribution >= 4 is 27.3 Å². The first-order valence-corrected chi connectivity index (χ1v) is 10.5. The summed E-state index contributed by atoms with van der Waals surface area (Å²) in [5, 5.41) is 2.81. The fourth-order valence-corrected chi connectivity index (χ4v) is 4.48. The second-order valence-corrected chi connectivity index (χ2v) is 8.42. The number of hydrogen-bond donors (Lipinski definition) is 2. The number of sulfonamides is 1. The molecule has 0 atom stereocenters. The van der Waals surface area contributed by atoms with Gasteiger partial charge < -0.3 is 10.1 Å². The number of amides is 1. The Morgan fingerprint density at radius 1 is 1.11 bits per heavy atom. The molecule has 0 radical (unpaired) electrons. The van der Waals surface area contributed by atoms with Crippen molar-refractivity contribution in [2.24, 2.45) is 5.92 Å². The number of benzene rings is 2. The van der Waals surface area contributed by atoms with E-state index in [0.29, 0.717) is 29.5 Å². The van der Waals surface area contributed by atoms with Crippen LogP contribution in [0.5, 0.6) is 5.75 Å². The van der Waals surface area contributed by atoms with E-state index in [9.17, 15) is 13.2 Å². The zero-order chi connectivity index (χ0) is 19.3. The lowest BCUT2D eigenvalue weighted by atomic mass is 10.0. The molecule has 7 heteroatoms. The largest absolute Gasteiger partial charge is 0.495 e. The van der Waals surface area contributed by atoms with Crippen LogP contribution in [0.1, 0.15) is 32.1 Å². The Kier molecular flexibility index (Phi) is 6.01. The molecule has 0 bridgehead atoms. The van der Waals surface area contributed by atoms with E-state index < -0.39 is 10.0 Å². The van der Waals surface area contributed by atoms with Crippen LogP contribution in [0.2, 0.25) is 0 Å². The molecule has 144 valence electrons. The highest BCUT2D eigenvalue weighted by molar-refractivity contribution is 7.92. The maximum Gasteiger partial charge on any atom is 0.262 e. The lowest BCUT2D eigenvalue weighted by Gasteiger charge is -2.13. The summed E-state index contributed by atoms with van der Waals surface area (Å²) in [7, 11) is -2.33. The minimum Gasteiger partial charge on any atom is -0.495 e. The predicted molar refractivity (Wildman–Crippen MR) is 105 cm³/mol. The maximum atomic E-state index is 12.7. The molecule has 1 amide bonds. The molecule has 2 aromatic carbocycles. The number of methoxy groups -OCH3 is 1. The average molecular weight is 388 g/mol. The summed E-state index contributed by atoms with van der Waals surface area (Å²) >= 11 is 0. The van der Waals surface area contributed by atoms with Crippen LogP contribution < -0.4 is 14.8 Å². The number of nitrogens with one attached hydrogen (secondary N) is 2. The molecule has 27 heavy (non-hydrogen) atoms. The van der Waals surface area contributed by atoms with Gasteiger partial charge in [0.2, 0.25) is 5.91 Å². The van der Waals surface area contributed by atoms with Crippen molar-refractivity contribution in [2.45, 2.75) is 37.0 Å². The number of carbonyl (C=O) groups is 1. The Labute approximate surface area is 160 Å². The quantitative estimate of drug-likeness (QED) is 0.750. The zero-order valence-electron chi connectivity index (χ0n) is 15.3. The van der Waals surface area contributed by atoms with Crippen LogP contribution in [-0.2, 0) is 14.8 Å². The highest BCUT2D eigenvalue weighted by Crippen LogP contribution is 2.29. The Morgan fingerprint density at radius 3 is 2.59 bits per heavy atom. The summed E-state index contributed by atoms with van der Waals surface area (Å²) in [6, 6.07) is 13.0. The second-order valence-electron chi connectivity index (χ2n) is 6.74. The fourth-order valence-electron chi connectivity index (χ4n) is 3.36. The van der Waals surface area contributed by atoms with E-state index in [2.05, 4.69) is 10.0 Å². The Morgan fingerprint density at radius 2 is 1.85 bits per heavy atom. The molecule has 1 saturated carbocycles. The number of rotatable bonds is 7. The summed E-state index contributed by atoms with van der Waals surface area (Å²) in [4.78, 5) is 12.3. The van der Waals surface area contributed by atoms with Crippen LogP contribution in [-0.4, -0.2) is 21.4 Å². The second kappa shape index (κ2) is 8.43. The van der Waals surface area contributed by atoms with Crippen molar-refractivity contribution in [3.8, 4) is 5.75 Å². The SMILES string of the molecule is COc1ccccc1NS(=O)(=O)c1cccc(NC(=O)CC2CCCC2)c1. The molecule has 0 aromatic heterocycles. The van der Waals surface area contributed by atoms with Crippen molar-refractivity contribution in [1.82, 2.24) is 0 Å². The van der Waals surface area contributed by atoms with Gasteiger partial charge in [-0.2, -0.15) is 0 Å². The van der Waals surface area contributed by atoms with Gasteiger partial charge in [0.25, 0.3) is 10.0 Å². The Hall–Kier alpha value is -2.54. The third-order valence-corrected chi connectivity index (χ3v) is 6.09. The average Bonchev–Trinajstić information content (AvgIpc) is 3.15. The lowest BCUT2D eigenvalue weighted by molar-refractivity contribution is -0.117. The van der Waals surface area contributed by atoms with Crippen molar-refractivity contribution < 1.29 is 17.9 Å². The van der Waals surface area contributed by atoms with Crippen LogP contribution in [0.3, 0.4) is 0 Å². The zero-order valence-corrected chi connectivity index (χ0v) is 16.1. The van der Waals surface area contributed by atoms with Gasteiger partial charge in [0, 0.05) is 12.1 Å². The number of ether oxygens (including phenoxy) is 1. The molecule has 3 rings (SSSR count). The van der Waals surface area contributed by atoms with Gasteiger partial charge in [-0.25, -0.2) is 8.42 Å². The van der Waals surface area contributed by atoms with Gasteiger partial charge in [-0.05, 0) is 49.1 Å². The summed E-state index contributed by atoms with van der Waals surface area (Å²) in [5.74, 6) is 0.792. The highest BCUT2D eigenvalue weighted by atomic mass is 32.2. The highest BCUT2D eigenvalue weighted by Gasteiger charge is 2.20. The van der Waals surface area contributed by atoms with E-state index >= 15 is 0 Å². The molecule has 1 aliphatic carbocycles. The van der Waals surface area contributed by atoms with Crippen molar-refractivity contribution in [3.63, 3.8) is 0 Å². The van der Waals surface area contributed by atoms with E-state index in [4.69, 9.17) is 4.74 Å². The first-order valence-electron chi connectivity index (χ1n) is 9.04. The van der Waals surface area contributed by atoms with Gasteiger partial charge in [-0.1, -0.05) is 31.0 Å². The standard InChI is InChI=1S/C20H24N2O4S/c1-26-19-12-5-4-11-18(19)22-27(24,25)17-10-6-9-16(14-17)21-20(23)13-15-7-2-3-8-15/h4-6,9-12,14-15,22H,2-3,7-8,13H2,1H3,(H,21,23). The Bertz CT molecular complexity index is 906. The van der Waals surface area contributed by atoms with E-state index in [0.717, 1.165) is 12.8 Å². The number of hydrogen-bond acceptors (Lipinski definition) is 4. The van der Waals surface area contributed by atoms with Gasteiger partial charge in [0.1, 0.15) is 5.75 Å². The van der Waals surface area contributed by atoms with Crippen LogP contribution in [0.25, 0.3) is 0 Å². The topological polar surface area (TPSA) is 84.5 Å². The molecule has 2 N–H and O–H groups in total. The summed E-state index contributed by atoms with van der Waals surface area (Å²) in [5.41, 5.74) is 0.830. The minimum absolute atomic E-state index is 0.0749. The van der Waals surface area contributed by atoms with Gasteiger partial charge in [-0.15, -0.1) is 0 Å². The number of para-hydroxylation sites is 2. The van der Waals surface area contributed by atoms with Crippen molar-refractivity contribution in [2.75, 3.05) is 17.1 Å². The molecule has 1 fully saturated rings. The molecule has 1 aliphatic rings. The molecule has 6 nitrogen and oxygen atoms in total. The molecular formula is C20H24N2O4S. The van der Waals surface area contributed by atoms with Crippen molar-refractivity contribution in [3.05, 3.63) is 48.5 Å². The summed E-state index contributed by atoms with van der Waals surface area (Å²) in [6.45, 7) is 0. The van der Waals surface area contributed by atoms with E-state index in [-0.39, 0.29) is 10.8 Å². The monoisotopic (exact) mass is 388 g/mol. The van der Waals surface area contributed by atoms with Crippen LogP contribution in [0.4, 0.5) is 11.4 Å². The van der Waals surface area contributed by atoms with Gasteiger partial charge >= 0.3 is 0 Å². The van der Waals surface area contributed by atoms with Crippen LogP contribution in [0.15, 0.2) is 53.4 Å². The smallest absolute Gasteiger partial charge is 0.262 e. The predicted octanol–water partition coefficient (Wildman–Crippen LogP) is 4.01. The third kappa shape index (κ3) is 5.01. The molecule has 2 aromatic rings. The molecule has 0 aliphatic heterocycles. The van der Waals surface area contributed by atoms with Gasteiger partial charge in [0.05, 0.1) is 17.7 Å². The number of carbonyl (C=O) groups excluding carboxylic acids is 1. The molecule has 0 unspecified atom stereocenters. The molecular weight excluding hydrogens is 364 g/mol. The lowest BCUT2D eigenvalue weighted by Crippen LogP contribution is -2.16. The van der Waals surface area contributed by atoms with Crippen molar-refractivity contribution in [1.29, 1.82) is 0 Å². The third-order valence-electron chi connectivity index (χ3n) is 4.73.